The highest BCUT2D eigenvalue weighted by Gasteiger charge is 2.49. The van der Waals surface area contributed by atoms with E-state index in [1.807, 2.05) is 12.1 Å². The number of para-hydroxylation sites is 1. The molecule has 176 valence electrons. The summed E-state index contributed by atoms with van der Waals surface area (Å²) in [5, 5.41) is -0.0307. The van der Waals surface area contributed by atoms with Crippen LogP contribution >= 0.6 is 0 Å². The first-order chi connectivity index (χ1) is 14.6. The molecule has 0 aliphatic carbocycles. The Hall–Kier alpha value is -2.10. The van der Waals surface area contributed by atoms with E-state index in [0.717, 1.165) is 0 Å². The van der Waals surface area contributed by atoms with Gasteiger partial charge in [-0.25, -0.2) is 8.42 Å². The van der Waals surface area contributed by atoms with Crippen molar-refractivity contribution in [3.8, 4) is 5.75 Å². The number of halogens is 3. The van der Waals surface area contributed by atoms with Crippen molar-refractivity contribution >= 4 is 24.4 Å². The molecular weight excluding hydrogens is 455 g/mol. The number of benzene rings is 2. The average molecular weight is 486 g/mol. The second-order valence-corrected chi connectivity index (χ2v) is 15.7. The van der Waals surface area contributed by atoms with Crippen LogP contribution in [0.15, 0.2) is 60.7 Å². The largest absolute Gasteiger partial charge is 0.543 e. The monoisotopic (exact) mass is 485 g/mol. The lowest BCUT2D eigenvalue weighted by Crippen LogP contribution is -2.44. The molecule has 0 saturated carbocycles. The number of rotatable bonds is 8. The topological polar surface area (TPSA) is 46.6 Å². The highest BCUT2D eigenvalue weighted by molar-refractivity contribution is 7.89. The molecule has 2 aromatic carbocycles. The summed E-state index contributed by atoms with van der Waals surface area (Å²) in [6.07, 6.45) is 3.02. The molecule has 4 nitrogen and oxygen atoms in total. The first-order valence-corrected chi connectivity index (χ1v) is 14.5. The molecule has 0 fully saturated rings. The minimum atomic E-state index is -5.49. The Labute approximate surface area is 189 Å². The molecule has 0 aliphatic heterocycles. The van der Waals surface area contributed by atoms with E-state index in [4.69, 9.17) is 4.43 Å². The molecule has 0 saturated heterocycles. The van der Waals surface area contributed by atoms with Gasteiger partial charge in [-0.1, -0.05) is 81.5 Å². The fourth-order valence-electron chi connectivity index (χ4n) is 2.62. The van der Waals surface area contributed by atoms with Gasteiger partial charge in [0, 0.05) is 18.7 Å². The summed E-state index contributed by atoms with van der Waals surface area (Å²) in [4.78, 5) is 0. The maximum absolute atomic E-state index is 13.2. The van der Waals surface area contributed by atoms with Gasteiger partial charge >= 0.3 is 15.5 Å². The van der Waals surface area contributed by atoms with Crippen molar-refractivity contribution in [3.05, 3.63) is 71.8 Å². The van der Waals surface area contributed by atoms with Crippen molar-refractivity contribution in [1.82, 2.24) is 4.31 Å². The first-order valence-electron chi connectivity index (χ1n) is 10.2. The van der Waals surface area contributed by atoms with Gasteiger partial charge in [0.25, 0.3) is 8.32 Å². The van der Waals surface area contributed by atoms with Crippen LogP contribution in [0.4, 0.5) is 13.2 Å². The summed E-state index contributed by atoms with van der Waals surface area (Å²) in [6, 6.07) is 15.4. The van der Waals surface area contributed by atoms with E-state index in [0.29, 0.717) is 21.2 Å². The lowest BCUT2D eigenvalue weighted by Gasteiger charge is -2.36. The maximum atomic E-state index is 13.2. The van der Waals surface area contributed by atoms with Crippen LogP contribution in [0.2, 0.25) is 18.1 Å². The molecule has 0 heterocycles. The van der Waals surface area contributed by atoms with Crippen LogP contribution < -0.4 is 4.43 Å². The van der Waals surface area contributed by atoms with E-state index in [9.17, 15) is 21.6 Å². The SMILES string of the molecule is CC(C)(C)[Si](C)(C)Oc1ccccc1C=CCN(Cc1ccccc1)S(=O)(=O)C(F)(F)F. The number of nitrogens with zero attached hydrogens (tertiary/aromatic N) is 1. The van der Waals surface area contributed by atoms with E-state index >= 15 is 0 Å². The molecule has 0 unspecified atom stereocenters. The quantitative estimate of drug-likeness (QED) is 0.405. The smallest absolute Gasteiger partial charge is 0.511 e. The zero-order chi connectivity index (χ0) is 24.2. The maximum Gasteiger partial charge on any atom is 0.511 e. The lowest BCUT2D eigenvalue weighted by atomic mass is 10.2. The fraction of sp³-hybridized carbons (Fsp3) is 0.391. The Morgan fingerprint density at radius 1 is 0.969 bits per heavy atom. The second-order valence-electron chi connectivity index (χ2n) is 9.03. The summed E-state index contributed by atoms with van der Waals surface area (Å²) < 4.78 is 70.7. The van der Waals surface area contributed by atoms with Gasteiger partial charge in [0.2, 0.25) is 0 Å². The Morgan fingerprint density at radius 3 is 2.09 bits per heavy atom. The van der Waals surface area contributed by atoms with Crippen molar-refractivity contribution in [2.45, 2.75) is 51.0 Å². The van der Waals surface area contributed by atoms with E-state index < -0.39 is 30.4 Å². The molecule has 0 atom stereocenters. The van der Waals surface area contributed by atoms with Crippen molar-refractivity contribution in [2.24, 2.45) is 0 Å². The molecule has 0 aromatic heterocycles. The standard InChI is InChI=1S/C23H30F3NO3SSi/c1-22(2,3)32(4,5)30-21-16-10-9-14-20(21)15-11-17-27(31(28,29)23(24,25)26)18-19-12-7-6-8-13-19/h6-16H,17-18H2,1-5H3. The molecule has 2 aromatic rings. The van der Waals surface area contributed by atoms with E-state index in [2.05, 4.69) is 33.9 Å². The predicted octanol–water partition coefficient (Wildman–Crippen LogP) is 6.44. The molecule has 0 N–H and O–H groups in total. The minimum absolute atomic E-state index is 0.0307. The molecule has 9 heteroatoms. The van der Waals surface area contributed by atoms with Gasteiger partial charge < -0.3 is 4.43 Å². The Kier molecular flexibility index (Phi) is 8.01. The number of hydrogen-bond donors (Lipinski definition) is 0. The first kappa shape index (κ1) is 26.2. The molecule has 0 bridgehead atoms. The fourth-order valence-corrected chi connectivity index (χ4v) is 4.55. The molecule has 0 spiro atoms. The van der Waals surface area contributed by atoms with Crippen molar-refractivity contribution in [3.63, 3.8) is 0 Å². The van der Waals surface area contributed by atoms with Crippen LogP contribution in [0, 0.1) is 0 Å². The molecule has 0 aliphatic rings. The number of sulfonamides is 1. The van der Waals surface area contributed by atoms with Gasteiger partial charge in [0.1, 0.15) is 5.75 Å². The van der Waals surface area contributed by atoms with Gasteiger partial charge in [-0.3, -0.25) is 0 Å². The average Bonchev–Trinajstić information content (AvgIpc) is 2.67. The van der Waals surface area contributed by atoms with Crippen LogP contribution in [0.25, 0.3) is 6.08 Å². The molecule has 32 heavy (non-hydrogen) atoms. The van der Waals surface area contributed by atoms with Crippen LogP contribution in [0.3, 0.4) is 0 Å². The third-order valence-corrected chi connectivity index (χ3v) is 11.4. The van der Waals surface area contributed by atoms with Crippen LogP contribution in [-0.4, -0.2) is 33.1 Å². The van der Waals surface area contributed by atoms with Crippen LogP contribution in [-0.2, 0) is 16.6 Å². The van der Waals surface area contributed by atoms with Gasteiger partial charge in [0.05, 0.1) is 0 Å². The lowest BCUT2D eigenvalue weighted by molar-refractivity contribution is -0.0488. The van der Waals surface area contributed by atoms with Gasteiger partial charge in [-0.2, -0.15) is 17.5 Å². The highest BCUT2D eigenvalue weighted by Crippen LogP contribution is 2.38. The van der Waals surface area contributed by atoms with Gasteiger partial charge in [0.15, 0.2) is 0 Å². The Morgan fingerprint density at radius 2 is 1.53 bits per heavy atom. The summed E-state index contributed by atoms with van der Waals surface area (Å²) in [5.74, 6) is 0.628. The molecule has 2 rings (SSSR count). The highest BCUT2D eigenvalue weighted by atomic mass is 32.2. The minimum Gasteiger partial charge on any atom is -0.543 e. The molecular formula is C23H30F3NO3SSi. The Balaban J connectivity index is 2.29. The van der Waals surface area contributed by atoms with Crippen molar-refractivity contribution < 1.29 is 26.0 Å². The summed E-state index contributed by atoms with van der Waals surface area (Å²) >= 11 is 0. The van der Waals surface area contributed by atoms with Crippen LogP contribution in [0.5, 0.6) is 5.75 Å². The predicted molar refractivity (Wildman–Crippen MR) is 125 cm³/mol. The normalized spacial score (nSPS) is 13.7. The number of hydrogen-bond acceptors (Lipinski definition) is 3. The third-order valence-electron chi connectivity index (χ3n) is 5.53. The van der Waals surface area contributed by atoms with Crippen molar-refractivity contribution in [2.75, 3.05) is 6.54 Å². The molecule has 0 amide bonds. The van der Waals surface area contributed by atoms with E-state index in [-0.39, 0.29) is 11.6 Å². The molecule has 0 radical (unpaired) electrons. The van der Waals surface area contributed by atoms with E-state index in [1.165, 1.54) is 6.08 Å². The summed E-state index contributed by atoms with van der Waals surface area (Å²) in [7, 11) is -7.62. The second kappa shape index (κ2) is 9.80. The number of alkyl halides is 3. The summed E-state index contributed by atoms with van der Waals surface area (Å²) in [6.45, 7) is 9.74. The van der Waals surface area contributed by atoms with E-state index in [1.54, 1.807) is 48.5 Å². The third kappa shape index (κ3) is 6.46. The van der Waals surface area contributed by atoms with Crippen molar-refractivity contribution in [1.29, 1.82) is 0 Å². The zero-order valence-corrected chi connectivity index (χ0v) is 20.8. The van der Waals surface area contributed by atoms with Gasteiger partial charge in [-0.15, -0.1) is 0 Å². The van der Waals surface area contributed by atoms with Crippen LogP contribution in [0.1, 0.15) is 31.9 Å². The Bertz CT molecular complexity index is 1030. The zero-order valence-electron chi connectivity index (χ0n) is 19.0. The summed E-state index contributed by atoms with van der Waals surface area (Å²) in [5.41, 5.74) is -4.23. The van der Waals surface area contributed by atoms with Gasteiger partial charge in [-0.05, 0) is 29.8 Å².